The second-order valence-corrected chi connectivity index (χ2v) is 8.53. The van der Waals surface area contributed by atoms with Crippen molar-refractivity contribution in [3.8, 4) is 5.75 Å². The first-order chi connectivity index (χ1) is 12.4. The Morgan fingerprint density at radius 1 is 1.15 bits per heavy atom. The predicted octanol–water partition coefficient (Wildman–Crippen LogP) is 3.26. The highest BCUT2D eigenvalue weighted by Gasteiger charge is 2.27. The monoisotopic (exact) mass is 374 g/mol. The minimum Gasteiger partial charge on any atom is -0.496 e. The first kappa shape index (κ1) is 18.7. The molecule has 1 aliphatic heterocycles. The number of ether oxygens (including phenoxy) is 1. The third kappa shape index (κ3) is 3.86. The van der Waals surface area contributed by atoms with Gasteiger partial charge < -0.3 is 9.64 Å². The second kappa shape index (κ2) is 7.68. The van der Waals surface area contributed by atoms with Crippen molar-refractivity contribution in [3.05, 3.63) is 53.6 Å². The number of methoxy groups -OCH3 is 1. The smallest absolute Gasteiger partial charge is 0.240 e. The van der Waals surface area contributed by atoms with Gasteiger partial charge in [-0.2, -0.15) is 0 Å². The summed E-state index contributed by atoms with van der Waals surface area (Å²) in [6.45, 7) is 5.08. The molecule has 1 saturated heterocycles. The highest BCUT2D eigenvalue weighted by Crippen LogP contribution is 2.27. The van der Waals surface area contributed by atoms with Crippen LogP contribution >= 0.6 is 0 Å². The van der Waals surface area contributed by atoms with Gasteiger partial charge in [0.2, 0.25) is 10.0 Å². The zero-order chi connectivity index (χ0) is 18.7. The molecular formula is C20H26N2O3S. The highest BCUT2D eigenvalue weighted by atomic mass is 32.2. The minimum atomic E-state index is -3.56. The van der Waals surface area contributed by atoms with Crippen molar-refractivity contribution in [2.75, 3.05) is 25.1 Å². The average molecular weight is 375 g/mol. The van der Waals surface area contributed by atoms with Crippen LogP contribution in [0.25, 0.3) is 0 Å². The van der Waals surface area contributed by atoms with Gasteiger partial charge >= 0.3 is 0 Å². The molecule has 0 saturated carbocycles. The number of hydrogen-bond acceptors (Lipinski definition) is 4. The number of sulfonamides is 1. The van der Waals surface area contributed by atoms with Gasteiger partial charge in [-0.1, -0.05) is 18.2 Å². The van der Waals surface area contributed by atoms with Gasteiger partial charge in [0.05, 0.1) is 12.0 Å². The highest BCUT2D eigenvalue weighted by molar-refractivity contribution is 7.89. The van der Waals surface area contributed by atoms with Crippen LogP contribution in [0.15, 0.2) is 47.4 Å². The largest absolute Gasteiger partial charge is 0.496 e. The van der Waals surface area contributed by atoms with Gasteiger partial charge in [0, 0.05) is 24.8 Å². The van der Waals surface area contributed by atoms with Crippen LogP contribution in [0.4, 0.5) is 5.69 Å². The van der Waals surface area contributed by atoms with E-state index >= 15 is 0 Å². The predicted molar refractivity (Wildman–Crippen MR) is 104 cm³/mol. The third-order valence-electron chi connectivity index (χ3n) is 4.92. The van der Waals surface area contributed by atoms with E-state index in [0.29, 0.717) is 6.54 Å². The second-order valence-electron chi connectivity index (χ2n) is 6.77. The van der Waals surface area contributed by atoms with Gasteiger partial charge in [-0.25, -0.2) is 13.1 Å². The molecule has 1 aliphatic rings. The number of rotatable bonds is 6. The van der Waals surface area contributed by atoms with Crippen molar-refractivity contribution in [1.82, 2.24) is 4.72 Å². The summed E-state index contributed by atoms with van der Waals surface area (Å²) in [5, 5.41) is 0. The molecule has 1 heterocycles. The molecule has 6 heteroatoms. The number of hydrogen-bond donors (Lipinski definition) is 1. The molecule has 1 atom stereocenters. The summed E-state index contributed by atoms with van der Waals surface area (Å²) in [7, 11) is -1.96. The van der Waals surface area contributed by atoms with E-state index in [1.807, 2.05) is 32.0 Å². The van der Waals surface area contributed by atoms with Crippen molar-refractivity contribution < 1.29 is 13.2 Å². The summed E-state index contributed by atoms with van der Waals surface area (Å²) in [6.07, 6.45) is 2.06. The molecule has 2 aromatic rings. The lowest BCUT2D eigenvalue weighted by Crippen LogP contribution is -2.40. The van der Waals surface area contributed by atoms with E-state index in [-0.39, 0.29) is 10.9 Å². The average Bonchev–Trinajstić information content (AvgIpc) is 3.09. The summed E-state index contributed by atoms with van der Waals surface area (Å²) in [6, 6.07) is 13.7. The van der Waals surface area contributed by atoms with Gasteiger partial charge in [-0.3, -0.25) is 0 Å². The van der Waals surface area contributed by atoms with Crippen molar-refractivity contribution >= 4 is 15.7 Å². The van der Waals surface area contributed by atoms with E-state index in [2.05, 4.69) is 21.8 Å². The Kier molecular flexibility index (Phi) is 5.53. The van der Waals surface area contributed by atoms with Crippen LogP contribution in [0, 0.1) is 13.8 Å². The van der Waals surface area contributed by atoms with Crippen LogP contribution in [-0.2, 0) is 10.0 Å². The standard InChI is InChI=1S/C20H26N2O3S/c1-15-12-19(13-16(2)20(15)25-3)26(23,24)21-14-18-10-7-11-22(18)17-8-5-4-6-9-17/h4-6,8-9,12-13,18,21H,7,10-11,14H2,1-3H3. The molecule has 1 unspecified atom stereocenters. The van der Waals surface area contributed by atoms with Crippen molar-refractivity contribution in [3.63, 3.8) is 0 Å². The van der Waals surface area contributed by atoms with Crippen LogP contribution in [0.5, 0.6) is 5.75 Å². The molecule has 0 spiro atoms. The van der Waals surface area contributed by atoms with Crippen molar-refractivity contribution in [1.29, 1.82) is 0 Å². The molecular weight excluding hydrogens is 348 g/mol. The van der Waals surface area contributed by atoms with Crippen molar-refractivity contribution in [2.45, 2.75) is 37.6 Å². The Balaban J connectivity index is 1.74. The first-order valence-electron chi connectivity index (χ1n) is 8.89. The number of nitrogens with one attached hydrogen (secondary N) is 1. The number of para-hydroxylation sites is 1. The number of nitrogens with zero attached hydrogens (tertiary/aromatic N) is 1. The summed E-state index contributed by atoms with van der Waals surface area (Å²) in [5.41, 5.74) is 2.78. The van der Waals surface area contributed by atoms with Gasteiger partial charge in [0.15, 0.2) is 0 Å². The Morgan fingerprint density at radius 2 is 1.81 bits per heavy atom. The lowest BCUT2D eigenvalue weighted by atomic mass is 10.1. The van der Waals surface area contributed by atoms with Crippen LogP contribution in [0.1, 0.15) is 24.0 Å². The summed E-state index contributed by atoms with van der Waals surface area (Å²) in [4.78, 5) is 2.57. The van der Waals surface area contributed by atoms with Crippen molar-refractivity contribution in [2.24, 2.45) is 0 Å². The Bertz CT molecular complexity index is 843. The van der Waals surface area contributed by atoms with Crippen LogP contribution in [0.2, 0.25) is 0 Å². The van der Waals surface area contributed by atoms with E-state index in [9.17, 15) is 8.42 Å². The van der Waals surface area contributed by atoms with E-state index in [0.717, 1.165) is 42.0 Å². The van der Waals surface area contributed by atoms with Gasteiger partial charge in [0.25, 0.3) is 0 Å². The number of anilines is 1. The Hall–Kier alpha value is -2.05. The van der Waals surface area contributed by atoms with Crippen LogP contribution in [0.3, 0.4) is 0 Å². The molecule has 26 heavy (non-hydrogen) atoms. The Labute approximate surface area is 156 Å². The summed E-state index contributed by atoms with van der Waals surface area (Å²) in [5.74, 6) is 0.731. The molecule has 0 radical (unpaired) electrons. The Morgan fingerprint density at radius 3 is 2.42 bits per heavy atom. The minimum absolute atomic E-state index is 0.174. The zero-order valence-electron chi connectivity index (χ0n) is 15.5. The van der Waals surface area contributed by atoms with E-state index in [1.165, 1.54) is 0 Å². The molecule has 3 rings (SSSR count). The first-order valence-corrected chi connectivity index (χ1v) is 10.4. The maximum Gasteiger partial charge on any atom is 0.240 e. The fourth-order valence-corrected chi connectivity index (χ4v) is 4.93. The number of benzene rings is 2. The maximum absolute atomic E-state index is 12.8. The summed E-state index contributed by atoms with van der Waals surface area (Å²) >= 11 is 0. The lowest BCUT2D eigenvalue weighted by molar-refractivity contribution is 0.408. The SMILES string of the molecule is COc1c(C)cc(S(=O)(=O)NCC2CCCN2c2ccccc2)cc1C. The fraction of sp³-hybridized carbons (Fsp3) is 0.400. The molecule has 0 amide bonds. The van der Waals surface area contributed by atoms with Gasteiger partial charge in [-0.05, 0) is 62.1 Å². The van der Waals surface area contributed by atoms with Gasteiger partial charge in [-0.15, -0.1) is 0 Å². The zero-order valence-corrected chi connectivity index (χ0v) is 16.3. The van der Waals surface area contributed by atoms with Crippen LogP contribution in [-0.4, -0.2) is 34.7 Å². The normalized spacial score (nSPS) is 17.5. The molecule has 0 bridgehead atoms. The molecule has 1 N–H and O–H groups in total. The fourth-order valence-electron chi connectivity index (χ4n) is 3.68. The maximum atomic E-state index is 12.8. The molecule has 2 aromatic carbocycles. The molecule has 1 fully saturated rings. The third-order valence-corrected chi connectivity index (χ3v) is 6.33. The lowest BCUT2D eigenvalue weighted by Gasteiger charge is -2.27. The summed E-state index contributed by atoms with van der Waals surface area (Å²) < 4.78 is 33.7. The molecule has 5 nitrogen and oxygen atoms in total. The molecule has 140 valence electrons. The van der Waals surface area contributed by atoms with Gasteiger partial charge in [0.1, 0.15) is 5.75 Å². The van der Waals surface area contributed by atoms with E-state index in [1.54, 1.807) is 19.2 Å². The molecule has 0 aliphatic carbocycles. The molecule has 0 aromatic heterocycles. The van der Waals surface area contributed by atoms with Crippen LogP contribution < -0.4 is 14.4 Å². The van der Waals surface area contributed by atoms with E-state index < -0.39 is 10.0 Å². The topological polar surface area (TPSA) is 58.6 Å². The van der Waals surface area contributed by atoms with E-state index in [4.69, 9.17) is 4.74 Å². The number of aryl methyl sites for hydroxylation is 2. The quantitative estimate of drug-likeness (QED) is 0.843.